The molecular formula is C17H20ClNO6. The first kappa shape index (κ1) is 20.8. The topological polar surface area (TPSA) is 104 Å². The number of benzene rings is 1. The SMILES string of the molecule is CCC(=O)C(c1cc([N+](=O)[O-])ccc1Cl)C(C(C)=O)C(=O)OC(C)C. The molecule has 0 amide bonds. The maximum atomic E-state index is 12.5. The molecule has 0 N–H and O–H groups in total. The molecule has 1 rings (SSSR count). The van der Waals surface area contributed by atoms with Crippen molar-refractivity contribution in [3.63, 3.8) is 0 Å². The average molecular weight is 370 g/mol. The minimum atomic E-state index is -1.41. The molecule has 0 bridgehead atoms. The van der Waals surface area contributed by atoms with E-state index in [2.05, 4.69) is 0 Å². The fourth-order valence-electron chi connectivity index (χ4n) is 2.48. The molecule has 2 atom stereocenters. The van der Waals surface area contributed by atoms with Gasteiger partial charge in [-0.3, -0.25) is 24.5 Å². The summed E-state index contributed by atoms with van der Waals surface area (Å²) in [6.07, 6.45) is -0.449. The molecule has 1 aromatic carbocycles. The fraction of sp³-hybridized carbons (Fsp3) is 0.471. The summed E-state index contributed by atoms with van der Waals surface area (Å²) in [4.78, 5) is 47.4. The Morgan fingerprint density at radius 1 is 1.28 bits per heavy atom. The van der Waals surface area contributed by atoms with Crippen molar-refractivity contribution in [2.75, 3.05) is 0 Å². The summed E-state index contributed by atoms with van der Waals surface area (Å²) in [6.45, 7) is 5.98. The largest absolute Gasteiger partial charge is 0.462 e. The van der Waals surface area contributed by atoms with Gasteiger partial charge in [0.2, 0.25) is 0 Å². The van der Waals surface area contributed by atoms with E-state index >= 15 is 0 Å². The standard InChI is InChI=1S/C17H20ClNO6/c1-5-14(21)16(15(10(4)20)17(22)25-9(2)3)12-8-11(19(23)24)6-7-13(12)18/h6-9,15-16H,5H2,1-4H3. The number of hydrogen-bond donors (Lipinski definition) is 0. The normalized spacial score (nSPS) is 13.2. The van der Waals surface area contributed by atoms with E-state index in [0.29, 0.717) is 0 Å². The number of esters is 1. The monoisotopic (exact) mass is 369 g/mol. The highest BCUT2D eigenvalue weighted by Gasteiger charge is 2.40. The molecule has 2 unspecified atom stereocenters. The molecule has 0 saturated carbocycles. The molecule has 0 spiro atoms. The number of hydrogen-bond acceptors (Lipinski definition) is 6. The van der Waals surface area contributed by atoms with Gasteiger partial charge in [0.15, 0.2) is 0 Å². The number of non-ortho nitro benzene ring substituents is 1. The molecule has 0 radical (unpaired) electrons. The lowest BCUT2D eigenvalue weighted by molar-refractivity contribution is -0.384. The Morgan fingerprint density at radius 3 is 2.32 bits per heavy atom. The summed E-state index contributed by atoms with van der Waals surface area (Å²) in [5.41, 5.74) is -0.212. The lowest BCUT2D eigenvalue weighted by Crippen LogP contribution is -2.35. The van der Waals surface area contributed by atoms with Crippen LogP contribution in [0.1, 0.15) is 45.6 Å². The number of nitrogens with zero attached hydrogens (tertiary/aromatic N) is 1. The zero-order valence-electron chi connectivity index (χ0n) is 14.4. The van der Waals surface area contributed by atoms with Gasteiger partial charge in [-0.15, -0.1) is 0 Å². The molecule has 0 heterocycles. The highest BCUT2D eigenvalue weighted by molar-refractivity contribution is 6.32. The summed E-state index contributed by atoms with van der Waals surface area (Å²) in [6, 6.07) is 3.59. The first-order valence-electron chi connectivity index (χ1n) is 7.77. The Kier molecular flexibility index (Phi) is 7.23. The summed E-state index contributed by atoms with van der Waals surface area (Å²) in [5, 5.41) is 11.1. The smallest absolute Gasteiger partial charge is 0.317 e. The second kappa shape index (κ2) is 8.71. The van der Waals surface area contributed by atoms with Gasteiger partial charge in [-0.1, -0.05) is 18.5 Å². The number of nitro groups is 1. The Morgan fingerprint density at radius 2 is 1.88 bits per heavy atom. The number of carbonyl (C=O) groups is 3. The zero-order chi connectivity index (χ0) is 19.3. The van der Waals surface area contributed by atoms with Crippen LogP contribution in [0.15, 0.2) is 18.2 Å². The molecule has 7 nitrogen and oxygen atoms in total. The van der Waals surface area contributed by atoms with Crippen molar-refractivity contribution in [3.05, 3.63) is 38.9 Å². The molecule has 8 heteroatoms. The van der Waals surface area contributed by atoms with Gasteiger partial charge in [0, 0.05) is 23.6 Å². The van der Waals surface area contributed by atoms with Crippen LogP contribution in [-0.2, 0) is 19.1 Å². The first-order chi connectivity index (χ1) is 11.6. The molecule has 1 aromatic rings. The fourth-order valence-corrected chi connectivity index (χ4v) is 2.72. The van der Waals surface area contributed by atoms with Crippen molar-refractivity contribution in [1.82, 2.24) is 0 Å². The lowest BCUT2D eigenvalue weighted by Gasteiger charge is -2.24. The van der Waals surface area contributed by atoms with E-state index < -0.39 is 40.4 Å². The summed E-state index contributed by atoms with van der Waals surface area (Å²) < 4.78 is 5.10. The van der Waals surface area contributed by atoms with Crippen LogP contribution in [0.25, 0.3) is 0 Å². The van der Waals surface area contributed by atoms with Crippen LogP contribution in [0.5, 0.6) is 0 Å². The van der Waals surface area contributed by atoms with Crippen molar-refractivity contribution in [3.8, 4) is 0 Å². The van der Waals surface area contributed by atoms with Crippen LogP contribution in [0.3, 0.4) is 0 Å². The molecule has 136 valence electrons. The number of carbonyl (C=O) groups excluding carboxylic acids is 3. The second-order valence-electron chi connectivity index (χ2n) is 5.83. The van der Waals surface area contributed by atoms with Crippen molar-refractivity contribution < 1.29 is 24.0 Å². The van der Waals surface area contributed by atoms with E-state index in [4.69, 9.17) is 16.3 Å². The third kappa shape index (κ3) is 5.09. The zero-order valence-corrected chi connectivity index (χ0v) is 15.2. The van der Waals surface area contributed by atoms with Crippen molar-refractivity contribution in [2.24, 2.45) is 5.92 Å². The van der Waals surface area contributed by atoms with E-state index in [-0.39, 0.29) is 22.7 Å². The van der Waals surface area contributed by atoms with Crippen LogP contribution in [0, 0.1) is 16.0 Å². The maximum absolute atomic E-state index is 12.5. The summed E-state index contributed by atoms with van der Waals surface area (Å²) >= 11 is 6.12. The first-order valence-corrected chi connectivity index (χ1v) is 8.15. The Balaban J connectivity index is 3.53. The van der Waals surface area contributed by atoms with Gasteiger partial charge in [-0.25, -0.2) is 0 Å². The van der Waals surface area contributed by atoms with Gasteiger partial charge in [-0.05, 0) is 32.4 Å². The maximum Gasteiger partial charge on any atom is 0.317 e. The summed E-state index contributed by atoms with van der Waals surface area (Å²) in [7, 11) is 0. The third-order valence-electron chi connectivity index (χ3n) is 3.60. The van der Waals surface area contributed by atoms with Crippen molar-refractivity contribution >= 4 is 34.8 Å². The number of halogens is 1. The van der Waals surface area contributed by atoms with Gasteiger partial charge in [0.25, 0.3) is 5.69 Å². The van der Waals surface area contributed by atoms with Gasteiger partial charge >= 0.3 is 5.97 Å². The highest BCUT2D eigenvalue weighted by Crippen LogP contribution is 2.36. The minimum absolute atomic E-state index is 0.0302. The van der Waals surface area contributed by atoms with Crippen LogP contribution >= 0.6 is 11.6 Å². The Labute approximate surface area is 150 Å². The van der Waals surface area contributed by atoms with Gasteiger partial charge < -0.3 is 4.74 Å². The third-order valence-corrected chi connectivity index (χ3v) is 3.94. The molecule has 0 saturated heterocycles. The van der Waals surface area contributed by atoms with Crippen LogP contribution in [0.2, 0.25) is 5.02 Å². The molecule has 0 fully saturated rings. The second-order valence-corrected chi connectivity index (χ2v) is 6.24. The molecule has 0 aliphatic rings. The van der Waals surface area contributed by atoms with E-state index in [1.165, 1.54) is 19.1 Å². The Bertz CT molecular complexity index is 700. The van der Waals surface area contributed by atoms with E-state index in [9.17, 15) is 24.5 Å². The van der Waals surface area contributed by atoms with Gasteiger partial charge in [-0.2, -0.15) is 0 Å². The quantitative estimate of drug-likeness (QED) is 0.301. The average Bonchev–Trinajstić information content (AvgIpc) is 2.51. The molecule has 0 aromatic heterocycles. The van der Waals surface area contributed by atoms with Crippen LogP contribution in [0.4, 0.5) is 5.69 Å². The molecule has 25 heavy (non-hydrogen) atoms. The summed E-state index contributed by atoms with van der Waals surface area (Å²) in [5.74, 6) is -4.49. The van der Waals surface area contributed by atoms with Gasteiger partial charge in [0.05, 0.1) is 16.9 Å². The number of nitro benzene ring substituents is 1. The molecular weight excluding hydrogens is 350 g/mol. The number of ketones is 2. The van der Waals surface area contributed by atoms with Crippen LogP contribution in [-0.4, -0.2) is 28.6 Å². The predicted octanol–water partition coefficient (Wildman–Crippen LogP) is 3.47. The highest BCUT2D eigenvalue weighted by atomic mass is 35.5. The number of ether oxygens (including phenoxy) is 1. The minimum Gasteiger partial charge on any atom is -0.462 e. The Hall–Kier alpha value is -2.28. The van der Waals surface area contributed by atoms with E-state index in [0.717, 1.165) is 6.07 Å². The van der Waals surface area contributed by atoms with Crippen LogP contribution < -0.4 is 0 Å². The predicted molar refractivity (Wildman–Crippen MR) is 91.5 cm³/mol. The van der Waals surface area contributed by atoms with E-state index in [1.54, 1.807) is 20.8 Å². The molecule has 0 aliphatic heterocycles. The van der Waals surface area contributed by atoms with E-state index in [1.807, 2.05) is 0 Å². The molecule has 0 aliphatic carbocycles. The lowest BCUT2D eigenvalue weighted by atomic mass is 9.79. The number of rotatable bonds is 8. The van der Waals surface area contributed by atoms with Gasteiger partial charge in [0.1, 0.15) is 17.5 Å². The van der Waals surface area contributed by atoms with Crippen molar-refractivity contribution in [2.45, 2.75) is 46.1 Å². The number of Topliss-reactive ketones (excluding diaryl/α,β-unsaturated/α-hetero) is 2. The van der Waals surface area contributed by atoms with Crippen molar-refractivity contribution in [1.29, 1.82) is 0 Å².